The van der Waals surface area contributed by atoms with Gasteiger partial charge in [-0.25, -0.2) is 4.39 Å². The number of hydrogen-bond donors (Lipinski definition) is 2. The first kappa shape index (κ1) is 19.6. The van der Waals surface area contributed by atoms with E-state index in [9.17, 15) is 9.18 Å². The van der Waals surface area contributed by atoms with E-state index in [1.54, 1.807) is 6.07 Å². The molecule has 6 heteroatoms. The molecule has 0 radical (unpaired) electrons. The van der Waals surface area contributed by atoms with Gasteiger partial charge in [-0.15, -0.1) is 0 Å². The number of carbonyl (C=O) groups excluding carboxylic acids is 1. The highest BCUT2D eigenvalue weighted by Gasteiger charge is 2.40. The van der Waals surface area contributed by atoms with Crippen molar-refractivity contribution in [2.24, 2.45) is 10.9 Å². The number of carbonyl (C=O) groups is 1. The summed E-state index contributed by atoms with van der Waals surface area (Å²) in [4.78, 5) is 18.6. The number of halogens is 1. The molecule has 0 spiro atoms. The Morgan fingerprint density at radius 3 is 2.59 bits per heavy atom. The fraction of sp³-hybridized carbons (Fsp3) is 0.619. The van der Waals surface area contributed by atoms with E-state index < -0.39 is 0 Å². The topological polar surface area (TPSA) is 56.7 Å². The molecule has 2 aliphatic rings. The number of likely N-dealkylation sites (tertiary alicyclic amines) is 1. The highest BCUT2D eigenvalue weighted by atomic mass is 19.1. The summed E-state index contributed by atoms with van der Waals surface area (Å²) in [5.41, 5.74) is 0.784. The lowest BCUT2D eigenvalue weighted by Gasteiger charge is -2.34. The SMILES string of the molecule is CCN=C(NC1CCN(C(=O)C(C)C)CC1)NC1CC1c1ccccc1F. The fourth-order valence-electron chi connectivity index (χ4n) is 3.74. The zero-order valence-electron chi connectivity index (χ0n) is 16.5. The Kier molecular flexibility index (Phi) is 6.34. The van der Waals surface area contributed by atoms with Gasteiger partial charge < -0.3 is 15.5 Å². The molecule has 0 aromatic heterocycles. The molecule has 1 heterocycles. The molecule has 1 amide bonds. The van der Waals surface area contributed by atoms with E-state index in [0.717, 1.165) is 43.9 Å². The molecule has 2 atom stereocenters. The molecule has 5 nitrogen and oxygen atoms in total. The highest BCUT2D eigenvalue weighted by molar-refractivity contribution is 5.81. The predicted molar refractivity (Wildman–Crippen MR) is 106 cm³/mol. The summed E-state index contributed by atoms with van der Waals surface area (Å²) in [5.74, 6) is 1.17. The first-order valence-corrected chi connectivity index (χ1v) is 10.1. The largest absolute Gasteiger partial charge is 0.354 e. The predicted octanol–water partition coefficient (Wildman–Crippen LogP) is 2.88. The van der Waals surface area contributed by atoms with Gasteiger partial charge in [-0.3, -0.25) is 9.79 Å². The molecule has 1 aromatic carbocycles. The second-order valence-electron chi connectivity index (χ2n) is 7.84. The van der Waals surface area contributed by atoms with E-state index in [1.165, 1.54) is 6.07 Å². The molecule has 0 bridgehead atoms. The molecule has 2 fully saturated rings. The van der Waals surface area contributed by atoms with Crippen LogP contribution in [0.25, 0.3) is 0 Å². The monoisotopic (exact) mass is 374 g/mol. The lowest BCUT2D eigenvalue weighted by atomic mass is 10.0. The second kappa shape index (κ2) is 8.72. The van der Waals surface area contributed by atoms with E-state index in [4.69, 9.17) is 0 Å². The van der Waals surface area contributed by atoms with Crippen molar-refractivity contribution in [1.29, 1.82) is 0 Å². The number of piperidine rings is 1. The molecular weight excluding hydrogens is 343 g/mol. The zero-order chi connectivity index (χ0) is 19.4. The second-order valence-corrected chi connectivity index (χ2v) is 7.84. The van der Waals surface area contributed by atoms with Gasteiger partial charge in [-0.05, 0) is 37.8 Å². The van der Waals surface area contributed by atoms with Crippen LogP contribution < -0.4 is 10.6 Å². The Labute approximate surface area is 161 Å². The van der Waals surface area contributed by atoms with E-state index >= 15 is 0 Å². The van der Waals surface area contributed by atoms with Gasteiger partial charge in [-0.1, -0.05) is 32.0 Å². The Hall–Kier alpha value is -2.11. The minimum atomic E-state index is -0.129. The standard InChI is InChI=1S/C21H31FN4O/c1-4-23-21(24-15-9-11-26(12-10-15)20(27)14(2)3)25-19-13-17(19)16-7-5-6-8-18(16)22/h5-8,14-15,17,19H,4,9-13H2,1-3H3,(H2,23,24,25). The van der Waals surface area contributed by atoms with Crippen LogP contribution in [0, 0.1) is 11.7 Å². The molecule has 2 unspecified atom stereocenters. The van der Waals surface area contributed by atoms with E-state index in [0.29, 0.717) is 12.6 Å². The number of benzene rings is 1. The van der Waals surface area contributed by atoms with Crippen molar-refractivity contribution in [3.8, 4) is 0 Å². The van der Waals surface area contributed by atoms with Gasteiger partial charge >= 0.3 is 0 Å². The van der Waals surface area contributed by atoms with E-state index in [-0.39, 0.29) is 29.6 Å². The van der Waals surface area contributed by atoms with Gasteiger partial charge in [0, 0.05) is 43.6 Å². The first-order chi connectivity index (χ1) is 13.0. The van der Waals surface area contributed by atoms with Gasteiger partial charge in [0.2, 0.25) is 5.91 Å². The molecule has 1 aliphatic carbocycles. The summed E-state index contributed by atoms with van der Waals surface area (Å²) in [6, 6.07) is 7.54. The Balaban J connectivity index is 1.51. The average molecular weight is 375 g/mol. The number of amides is 1. The number of nitrogens with zero attached hydrogens (tertiary/aromatic N) is 2. The third kappa shape index (κ3) is 4.99. The summed E-state index contributed by atoms with van der Waals surface area (Å²) in [6.07, 6.45) is 2.77. The average Bonchev–Trinajstić information content (AvgIpc) is 3.41. The molecular formula is C21H31FN4O. The van der Waals surface area contributed by atoms with E-state index in [1.807, 2.05) is 37.8 Å². The summed E-state index contributed by atoms with van der Waals surface area (Å²) >= 11 is 0. The van der Waals surface area contributed by atoms with Gasteiger partial charge in [-0.2, -0.15) is 0 Å². The number of hydrogen-bond acceptors (Lipinski definition) is 2. The minimum absolute atomic E-state index is 0.0542. The van der Waals surface area contributed by atoms with Crippen LogP contribution in [0.5, 0.6) is 0 Å². The Bertz CT molecular complexity index is 683. The lowest BCUT2D eigenvalue weighted by Crippen LogP contribution is -2.50. The summed E-state index contributed by atoms with van der Waals surface area (Å²) in [5, 5.41) is 6.97. The minimum Gasteiger partial charge on any atom is -0.354 e. The fourth-order valence-corrected chi connectivity index (χ4v) is 3.74. The van der Waals surface area contributed by atoms with Gasteiger partial charge in [0.1, 0.15) is 5.82 Å². The van der Waals surface area contributed by atoms with Crippen molar-refractivity contribution in [3.63, 3.8) is 0 Å². The lowest BCUT2D eigenvalue weighted by molar-refractivity contribution is -0.135. The number of rotatable bonds is 5. The van der Waals surface area contributed by atoms with Gasteiger partial charge in [0.05, 0.1) is 0 Å². The van der Waals surface area contributed by atoms with Crippen LogP contribution in [0.2, 0.25) is 0 Å². The smallest absolute Gasteiger partial charge is 0.225 e. The maximum Gasteiger partial charge on any atom is 0.225 e. The quantitative estimate of drug-likeness (QED) is 0.615. The number of nitrogens with one attached hydrogen (secondary N) is 2. The maximum absolute atomic E-state index is 14.0. The zero-order valence-corrected chi connectivity index (χ0v) is 16.5. The molecule has 1 saturated carbocycles. The van der Waals surface area contributed by atoms with E-state index in [2.05, 4.69) is 15.6 Å². The van der Waals surface area contributed by atoms with Crippen LogP contribution in [0.15, 0.2) is 29.3 Å². The van der Waals surface area contributed by atoms with Crippen molar-refractivity contribution >= 4 is 11.9 Å². The Morgan fingerprint density at radius 2 is 1.96 bits per heavy atom. The van der Waals surface area contributed by atoms with Crippen molar-refractivity contribution in [2.75, 3.05) is 19.6 Å². The van der Waals surface area contributed by atoms with Crippen LogP contribution in [-0.4, -0.2) is 48.5 Å². The molecule has 148 valence electrons. The summed E-state index contributed by atoms with van der Waals surface area (Å²) in [6.45, 7) is 8.17. The third-order valence-corrected chi connectivity index (χ3v) is 5.37. The van der Waals surface area contributed by atoms with Gasteiger partial charge in [0.25, 0.3) is 0 Å². The molecule has 1 aliphatic heterocycles. The van der Waals surface area contributed by atoms with Gasteiger partial charge in [0.15, 0.2) is 5.96 Å². The van der Waals surface area contributed by atoms with Crippen LogP contribution in [0.3, 0.4) is 0 Å². The number of guanidine groups is 1. The van der Waals surface area contributed by atoms with Crippen molar-refractivity contribution in [3.05, 3.63) is 35.6 Å². The molecule has 1 aromatic rings. The number of aliphatic imine (C=N–C) groups is 1. The first-order valence-electron chi connectivity index (χ1n) is 10.1. The van der Waals surface area contributed by atoms with Crippen molar-refractivity contribution < 1.29 is 9.18 Å². The van der Waals surface area contributed by atoms with Crippen LogP contribution in [0.4, 0.5) is 4.39 Å². The van der Waals surface area contributed by atoms with Crippen molar-refractivity contribution in [1.82, 2.24) is 15.5 Å². The normalized spacial score (nSPS) is 23.4. The molecule has 3 rings (SSSR count). The van der Waals surface area contributed by atoms with Crippen LogP contribution in [-0.2, 0) is 4.79 Å². The summed E-state index contributed by atoms with van der Waals surface area (Å²) in [7, 11) is 0. The molecule has 27 heavy (non-hydrogen) atoms. The summed E-state index contributed by atoms with van der Waals surface area (Å²) < 4.78 is 14.0. The van der Waals surface area contributed by atoms with Crippen molar-refractivity contribution in [2.45, 2.75) is 58.0 Å². The Morgan fingerprint density at radius 1 is 1.26 bits per heavy atom. The third-order valence-electron chi connectivity index (χ3n) is 5.37. The highest BCUT2D eigenvalue weighted by Crippen LogP contribution is 2.41. The maximum atomic E-state index is 14.0. The molecule has 2 N–H and O–H groups in total. The van der Waals surface area contributed by atoms with Crippen LogP contribution >= 0.6 is 0 Å². The van der Waals surface area contributed by atoms with Crippen LogP contribution in [0.1, 0.15) is 51.5 Å². The molecule has 1 saturated heterocycles.